The molecule has 0 radical (unpaired) electrons. The predicted octanol–water partition coefficient (Wildman–Crippen LogP) is 6.64. The van der Waals surface area contributed by atoms with E-state index in [0.29, 0.717) is 28.8 Å². The number of benzene rings is 3. The Bertz CT molecular complexity index is 1030. The molecule has 0 unspecified atom stereocenters. The average Bonchev–Trinajstić information content (AvgIpc) is 2.78. The van der Waals surface area contributed by atoms with E-state index in [2.05, 4.69) is 10.2 Å². The van der Waals surface area contributed by atoms with Gasteiger partial charge < -0.3 is 10.1 Å². The van der Waals surface area contributed by atoms with E-state index in [1.54, 1.807) is 18.2 Å². The molecule has 0 aliphatic carbocycles. The Kier molecular flexibility index (Phi) is 7.13. The fourth-order valence-corrected chi connectivity index (χ4v) is 4.10. The lowest BCUT2D eigenvalue weighted by Crippen LogP contribution is -2.40. The van der Waals surface area contributed by atoms with E-state index >= 15 is 0 Å². The van der Waals surface area contributed by atoms with Crippen molar-refractivity contribution in [2.24, 2.45) is 5.92 Å². The molecule has 3 aromatic rings. The van der Waals surface area contributed by atoms with Crippen LogP contribution in [-0.2, 0) is 11.3 Å². The van der Waals surface area contributed by atoms with Gasteiger partial charge in [0.2, 0.25) is 5.91 Å². The van der Waals surface area contributed by atoms with E-state index in [1.165, 1.54) is 5.56 Å². The summed E-state index contributed by atoms with van der Waals surface area (Å²) in [4.78, 5) is 15.4. The highest BCUT2D eigenvalue weighted by Crippen LogP contribution is 2.33. The molecular formula is C25H24Cl2N2O2. The molecule has 0 saturated carbocycles. The zero-order valence-electron chi connectivity index (χ0n) is 17.1. The number of carbonyl (C=O) groups is 1. The summed E-state index contributed by atoms with van der Waals surface area (Å²) in [5, 5.41) is 4.32. The number of nitrogens with zero attached hydrogens (tertiary/aromatic N) is 1. The number of halogens is 2. The van der Waals surface area contributed by atoms with Crippen LogP contribution in [0.15, 0.2) is 72.8 Å². The number of ether oxygens (including phenoxy) is 1. The number of likely N-dealkylation sites (tertiary alicyclic amines) is 1. The van der Waals surface area contributed by atoms with Crippen LogP contribution in [0.4, 0.5) is 5.69 Å². The molecule has 1 N–H and O–H groups in total. The van der Waals surface area contributed by atoms with Gasteiger partial charge in [-0.2, -0.15) is 0 Å². The minimum atomic E-state index is -0.0930. The summed E-state index contributed by atoms with van der Waals surface area (Å²) in [5.74, 6) is 1.16. The molecule has 4 rings (SSSR count). The summed E-state index contributed by atoms with van der Waals surface area (Å²) >= 11 is 12.2. The first-order chi connectivity index (χ1) is 15.1. The molecule has 1 saturated heterocycles. The highest BCUT2D eigenvalue weighted by Gasteiger charge is 2.26. The van der Waals surface area contributed by atoms with Gasteiger partial charge in [0.05, 0.1) is 11.6 Å². The van der Waals surface area contributed by atoms with Crippen LogP contribution in [0.3, 0.4) is 0 Å². The van der Waals surface area contributed by atoms with Gasteiger partial charge >= 0.3 is 0 Å². The molecule has 1 atom stereocenters. The number of amides is 1. The highest BCUT2D eigenvalue weighted by molar-refractivity contribution is 6.31. The molecule has 3 aromatic carbocycles. The number of rotatable bonds is 6. The van der Waals surface area contributed by atoms with Crippen LogP contribution in [0, 0.1) is 5.92 Å². The van der Waals surface area contributed by atoms with Crippen molar-refractivity contribution in [3.63, 3.8) is 0 Å². The first-order valence-electron chi connectivity index (χ1n) is 10.4. The summed E-state index contributed by atoms with van der Waals surface area (Å²) < 4.78 is 5.97. The van der Waals surface area contributed by atoms with E-state index in [9.17, 15) is 4.79 Å². The van der Waals surface area contributed by atoms with Crippen LogP contribution in [0.5, 0.6) is 11.5 Å². The number of para-hydroxylation sites is 1. The van der Waals surface area contributed by atoms with Gasteiger partial charge in [-0.3, -0.25) is 9.69 Å². The van der Waals surface area contributed by atoms with Crippen LogP contribution in [0.1, 0.15) is 18.4 Å². The third-order valence-corrected chi connectivity index (χ3v) is 5.85. The zero-order chi connectivity index (χ0) is 21.6. The number of nitrogens with one attached hydrogen (secondary N) is 1. The summed E-state index contributed by atoms with van der Waals surface area (Å²) in [6.07, 6.45) is 1.84. The average molecular weight is 455 g/mol. The number of piperidine rings is 1. The van der Waals surface area contributed by atoms with Gasteiger partial charge in [0.25, 0.3) is 0 Å². The summed E-state index contributed by atoms with van der Waals surface area (Å²) in [7, 11) is 0. The third kappa shape index (κ3) is 6.01. The van der Waals surface area contributed by atoms with E-state index in [0.717, 1.165) is 31.0 Å². The minimum Gasteiger partial charge on any atom is -0.455 e. The Morgan fingerprint density at radius 1 is 1.00 bits per heavy atom. The van der Waals surface area contributed by atoms with Gasteiger partial charge in [0.15, 0.2) is 5.75 Å². The smallest absolute Gasteiger partial charge is 0.228 e. The van der Waals surface area contributed by atoms with Crippen molar-refractivity contribution in [2.45, 2.75) is 19.4 Å². The highest BCUT2D eigenvalue weighted by atomic mass is 35.5. The molecular weight excluding hydrogens is 431 g/mol. The van der Waals surface area contributed by atoms with Crippen LogP contribution in [0.2, 0.25) is 10.0 Å². The Morgan fingerprint density at radius 3 is 2.52 bits per heavy atom. The van der Waals surface area contributed by atoms with Crippen LogP contribution in [0.25, 0.3) is 0 Å². The van der Waals surface area contributed by atoms with Gasteiger partial charge in [0, 0.05) is 23.1 Å². The van der Waals surface area contributed by atoms with Crippen molar-refractivity contribution in [2.75, 3.05) is 18.4 Å². The Balaban J connectivity index is 1.42. The summed E-state index contributed by atoms with van der Waals surface area (Å²) in [6.45, 7) is 2.50. The molecule has 160 valence electrons. The maximum Gasteiger partial charge on any atom is 0.228 e. The van der Waals surface area contributed by atoms with Gasteiger partial charge in [-0.1, -0.05) is 53.5 Å². The molecule has 6 heteroatoms. The van der Waals surface area contributed by atoms with Gasteiger partial charge in [-0.25, -0.2) is 0 Å². The molecule has 1 fully saturated rings. The van der Waals surface area contributed by atoms with Gasteiger partial charge in [-0.05, 0) is 67.4 Å². The molecule has 1 aliphatic rings. The van der Waals surface area contributed by atoms with Crippen molar-refractivity contribution >= 4 is 34.8 Å². The predicted molar refractivity (Wildman–Crippen MR) is 126 cm³/mol. The van der Waals surface area contributed by atoms with Crippen molar-refractivity contribution < 1.29 is 9.53 Å². The van der Waals surface area contributed by atoms with Gasteiger partial charge in [-0.15, -0.1) is 0 Å². The summed E-state index contributed by atoms with van der Waals surface area (Å²) in [6, 6.07) is 22.6. The quantitative estimate of drug-likeness (QED) is 0.453. The van der Waals surface area contributed by atoms with E-state index < -0.39 is 0 Å². The fourth-order valence-electron chi connectivity index (χ4n) is 3.80. The molecule has 1 heterocycles. The maximum absolute atomic E-state index is 13.1. The molecule has 4 nitrogen and oxygen atoms in total. The van der Waals surface area contributed by atoms with E-state index in [4.69, 9.17) is 27.9 Å². The van der Waals surface area contributed by atoms with Gasteiger partial charge in [0.1, 0.15) is 5.75 Å². The van der Waals surface area contributed by atoms with Crippen molar-refractivity contribution in [1.29, 1.82) is 0 Å². The number of hydrogen-bond donors (Lipinski definition) is 1. The first-order valence-corrected chi connectivity index (χ1v) is 11.1. The molecule has 1 amide bonds. The minimum absolute atomic E-state index is 0.0130. The Hall–Kier alpha value is -2.53. The fraction of sp³-hybridized carbons (Fsp3) is 0.240. The molecule has 0 aromatic heterocycles. The lowest BCUT2D eigenvalue weighted by molar-refractivity contribution is -0.121. The Labute approximate surface area is 192 Å². The topological polar surface area (TPSA) is 41.6 Å². The SMILES string of the molecule is O=C(Nc1cc(Cl)ccc1Oc1ccccc1)[C@H]1CCCN(Cc2ccc(Cl)cc2)C1. The largest absolute Gasteiger partial charge is 0.455 e. The van der Waals surface area contributed by atoms with E-state index in [1.807, 2.05) is 54.6 Å². The standard InChI is InChI=1S/C25H24Cl2N2O2/c26-20-10-8-18(9-11-20)16-29-14-4-5-19(17-29)25(30)28-23-15-21(27)12-13-24(23)31-22-6-2-1-3-7-22/h1-3,6-13,15,19H,4-5,14,16-17H2,(H,28,30)/t19-/m0/s1. The van der Waals surface area contributed by atoms with Crippen LogP contribution >= 0.6 is 23.2 Å². The molecule has 31 heavy (non-hydrogen) atoms. The normalized spacial score (nSPS) is 16.6. The molecule has 0 bridgehead atoms. The summed E-state index contributed by atoms with van der Waals surface area (Å²) in [5.41, 5.74) is 1.77. The van der Waals surface area contributed by atoms with Crippen molar-refractivity contribution in [3.05, 3.63) is 88.4 Å². The zero-order valence-corrected chi connectivity index (χ0v) is 18.6. The maximum atomic E-state index is 13.1. The first kappa shape index (κ1) is 21.7. The number of carbonyl (C=O) groups excluding carboxylic acids is 1. The van der Waals surface area contributed by atoms with Crippen molar-refractivity contribution in [1.82, 2.24) is 4.90 Å². The van der Waals surface area contributed by atoms with Crippen LogP contribution < -0.4 is 10.1 Å². The van der Waals surface area contributed by atoms with Crippen molar-refractivity contribution in [3.8, 4) is 11.5 Å². The number of hydrogen-bond acceptors (Lipinski definition) is 3. The second-order valence-corrected chi connectivity index (χ2v) is 8.62. The second kappa shape index (κ2) is 10.2. The third-order valence-electron chi connectivity index (χ3n) is 5.37. The number of anilines is 1. The molecule has 1 aliphatic heterocycles. The molecule has 0 spiro atoms. The van der Waals surface area contributed by atoms with E-state index in [-0.39, 0.29) is 11.8 Å². The van der Waals surface area contributed by atoms with Crippen LogP contribution in [-0.4, -0.2) is 23.9 Å². The lowest BCUT2D eigenvalue weighted by Gasteiger charge is -2.32. The monoisotopic (exact) mass is 454 g/mol. The Morgan fingerprint density at radius 2 is 1.74 bits per heavy atom. The lowest BCUT2D eigenvalue weighted by atomic mass is 9.96. The second-order valence-electron chi connectivity index (χ2n) is 7.75.